The standard InChI is InChI=1S/C16H19N3O3S2/c1-18(2)9-10-22-17-15-12-6-4-5-7-13(12)19(3)24(20,21)14-8-11-23-16(14)15/h4-8,11H,9-10H2,1-3H3/b17-15-. The average Bonchev–Trinajstić information content (AvgIpc) is 3.02. The lowest BCUT2D eigenvalue weighted by molar-refractivity contribution is 0.126. The number of hydrogen-bond donors (Lipinski definition) is 0. The number of hydrogen-bond acceptors (Lipinski definition) is 6. The van der Waals surface area contributed by atoms with Gasteiger partial charge < -0.3 is 9.74 Å². The van der Waals surface area contributed by atoms with Crippen molar-refractivity contribution < 1.29 is 13.3 Å². The van der Waals surface area contributed by atoms with E-state index in [0.717, 1.165) is 12.1 Å². The van der Waals surface area contributed by atoms with E-state index in [9.17, 15) is 8.42 Å². The van der Waals surface area contributed by atoms with Crippen LogP contribution in [0.4, 0.5) is 5.69 Å². The number of para-hydroxylation sites is 1. The minimum absolute atomic E-state index is 0.265. The van der Waals surface area contributed by atoms with Crippen LogP contribution in [-0.4, -0.2) is 53.3 Å². The van der Waals surface area contributed by atoms with Gasteiger partial charge in [-0.25, -0.2) is 8.42 Å². The highest BCUT2D eigenvalue weighted by atomic mass is 32.2. The molecule has 128 valence electrons. The first-order chi connectivity index (χ1) is 11.4. The molecule has 0 bridgehead atoms. The minimum atomic E-state index is -3.61. The maximum atomic E-state index is 12.8. The number of sulfonamides is 1. The first-order valence-corrected chi connectivity index (χ1v) is 9.76. The SMILES string of the molecule is CN(C)CCO/N=C1/c2ccccc2N(C)S(=O)(=O)c2ccsc21. The summed E-state index contributed by atoms with van der Waals surface area (Å²) < 4.78 is 27.0. The zero-order chi connectivity index (χ0) is 17.3. The number of benzene rings is 1. The molecule has 0 amide bonds. The lowest BCUT2D eigenvalue weighted by atomic mass is 10.1. The molecule has 8 heteroatoms. The van der Waals surface area contributed by atoms with Crippen LogP contribution >= 0.6 is 11.3 Å². The molecule has 0 atom stereocenters. The van der Waals surface area contributed by atoms with E-state index in [2.05, 4.69) is 5.16 Å². The van der Waals surface area contributed by atoms with Crippen molar-refractivity contribution in [1.29, 1.82) is 0 Å². The Morgan fingerprint density at radius 3 is 2.75 bits per heavy atom. The number of rotatable bonds is 4. The molecule has 0 unspecified atom stereocenters. The van der Waals surface area contributed by atoms with E-state index in [-0.39, 0.29) is 4.90 Å². The second kappa shape index (κ2) is 6.54. The van der Waals surface area contributed by atoms with Crippen LogP contribution in [0, 0.1) is 0 Å². The van der Waals surface area contributed by atoms with Gasteiger partial charge in [-0.1, -0.05) is 23.4 Å². The molecule has 24 heavy (non-hydrogen) atoms. The monoisotopic (exact) mass is 365 g/mol. The Labute approximate surface area is 146 Å². The van der Waals surface area contributed by atoms with Gasteiger partial charge in [0.15, 0.2) is 0 Å². The van der Waals surface area contributed by atoms with Gasteiger partial charge in [0.25, 0.3) is 10.0 Å². The number of nitrogens with zero attached hydrogens (tertiary/aromatic N) is 3. The molecule has 0 aliphatic carbocycles. The van der Waals surface area contributed by atoms with Crippen molar-refractivity contribution in [2.45, 2.75) is 4.90 Å². The van der Waals surface area contributed by atoms with Gasteiger partial charge in [0.05, 0.1) is 10.6 Å². The van der Waals surface area contributed by atoms with Gasteiger partial charge in [0.2, 0.25) is 0 Å². The minimum Gasteiger partial charge on any atom is -0.394 e. The highest BCUT2D eigenvalue weighted by Gasteiger charge is 2.34. The molecule has 0 N–H and O–H groups in total. The lowest BCUT2D eigenvalue weighted by Gasteiger charge is -2.18. The second-order valence-electron chi connectivity index (χ2n) is 5.68. The molecule has 0 spiro atoms. The van der Waals surface area contributed by atoms with Gasteiger partial charge in [0, 0.05) is 19.2 Å². The molecular weight excluding hydrogens is 346 g/mol. The quantitative estimate of drug-likeness (QED) is 0.616. The smallest absolute Gasteiger partial charge is 0.265 e. The first kappa shape index (κ1) is 16.9. The zero-order valence-corrected chi connectivity index (χ0v) is 15.4. The fraction of sp³-hybridized carbons (Fsp3) is 0.312. The van der Waals surface area contributed by atoms with Gasteiger partial charge >= 0.3 is 0 Å². The van der Waals surface area contributed by atoms with Gasteiger partial charge in [-0.2, -0.15) is 0 Å². The average molecular weight is 365 g/mol. The molecule has 0 fully saturated rings. The van der Waals surface area contributed by atoms with E-state index in [0.29, 0.717) is 22.9 Å². The number of oxime groups is 1. The second-order valence-corrected chi connectivity index (χ2v) is 8.53. The number of anilines is 1. The molecule has 2 heterocycles. The summed E-state index contributed by atoms with van der Waals surface area (Å²) >= 11 is 1.35. The van der Waals surface area contributed by atoms with Crippen molar-refractivity contribution in [3.8, 4) is 0 Å². The van der Waals surface area contributed by atoms with E-state index >= 15 is 0 Å². The molecule has 1 aliphatic heterocycles. The van der Waals surface area contributed by atoms with Crippen LogP contribution in [-0.2, 0) is 14.9 Å². The van der Waals surface area contributed by atoms with Crippen molar-refractivity contribution in [3.63, 3.8) is 0 Å². The van der Waals surface area contributed by atoms with Crippen LogP contribution in [0.2, 0.25) is 0 Å². The maximum absolute atomic E-state index is 12.8. The summed E-state index contributed by atoms with van der Waals surface area (Å²) in [4.78, 5) is 8.33. The largest absolute Gasteiger partial charge is 0.394 e. The van der Waals surface area contributed by atoms with E-state index in [1.807, 2.05) is 37.2 Å². The molecular formula is C16H19N3O3S2. The predicted octanol–water partition coefficient (Wildman–Crippen LogP) is 2.22. The number of thiophene rings is 1. The molecule has 6 nitrogen and oxygen atoms in total. The summed E-state index contributed by atoms with van der Waals surface area (Å²) in [5.41, 5.74) is 1.90. The fourth-order valence-corrected chi connectivity index (χ4v) is 5.06. The molecule has 1 aromatic heterocycles. The normalized spacial score (nSPS) is 17.5. The van der Waals surface area contributed by atoms with Crippen LogP contribution in [0.1, 0.15) is 10.4 Å². The molecule has 1 aromatic carbocycles. The van der Waals surface area contributed by atoms with Crippen molar-refractivity contribution >= 4 is 32.8 Å². The fourth-order valence-electron chi connectivity index (χ4n) is 2.45. The van der Waals surface area contributed by atoms with E-state index in [1.165, 1.54) is 15.6 Å². The molecule has 0 saturated carbocycles. The van der Waals surface area contributed by atoms with Crippen molar-refractivity contribution in [2.24, 2.45) is 5.16 Å². The Hall–Kier alpha value is -1.90. The van der Waals surface area contributed by atoms with Crippen molar-refractivity contribution in [1.82, 2.24) is 4.90 Å². The Bertz CT molecular complexity index is 872. The van der Waals surface area contributed by atoms with Crippen LogP contribution in [0.5, 0.6) is 0 Å². The topological polar surface area (TPSA) is 62.2 Å². The summed E-state index contributed by atoms with van der Waals surface area (Å²) in [7, 11) is 1.87. The predicted molar refractivity (Wildman–Crippen MR) is 96.5 cm³/mol. The van der Waals surface area contributed by atoms with Gasteiger partial charge in [-0.3, -0.25) is 4.31 Å². The molecule has 0 radical (unpaired) electrons. The molecule has 2 aromatic rings. The molecule has 1 aliphatic rings. The van der Waals surface area contributed by atoms with Gasteiger partial charge in [0.1, 0.15) is 17.2 Å². The van der Waals surface area contributed by atoms with Crippen LogP contribution in [0.25, 0.3) is 0 Å². The van der Waals surface area contributed by atoms with Gasteiger partial charge in [-0.15, -0.1) is 11.3 Å². The third kappa shape index (κ3) is 2.92. The first-order valence-electron chi connectivity index (χ1n) is 7.44. The summed E-state index contributed by atoms with van der Waals surface area (Å²) in [6.45, 7) is 1.16. The Balaban J connectivity index is 2.12. The third-order valence-corrected chi connectivity index (χ3v) is 6.63. The maximum Gasteiger partial charge on any atom is 0.265 e. The van der Waals surface area contributed by atoms with Crippen molar-refractivity contribution in [2.75, 3.05) is 38.6 Å². The summed E-state index contributed by atoms with van der Waals surface area (Å²) in [6.07, 6.45) is 0. The Morgan fingerprint density at radius 1 is 1.25 bits per heavy atom. The highest BCUT2D eigenvalue weighted by molar-refractivity contribution is 7.93. The van der Waals surface area contributed by atoms with Gasteiger partial charge in [-0.05, 0) is 31.6 Å². The van der Waals surface area contributed by atoms with E-state index in [4.69, 9.17) is 4.84 Å². The zero-order valence-electron chi connectivity index (χ0n) is 13.8. The van der Waals surface area contributed by atoms with E-state index < -0.39 is 10.0 Å². The van der Waals surface area contributed by atoms with E-state index in [1.54, 1.807) is 24.6 Å². The van der Waals surface area contributed by atoms with Crippen molar-refractivity contribution in [3.05, 3.63) is 46.2 Å². The Kier molecular flexibility index (Phi) is 4.62. The summed E-state index contributed by atoms with van der Waals surface area (Å²) in [5, 5.41) is 6.04. The summed E-state index contributed by atoms with van der Waals surface area (Å²) in [6, 6.07) is 8.94. The number of likely N-dealkylation sites (N-methyl/N-ethyl adjacent to an activating group) is 1. The lowest BCUT2D eigenvalue weighted by Crippen LogP contribution is -2.26. The third-order valence-electron chi connectivity index (χ3n) is 3.77. The highest BCUT2D eigenvalue weighted by Crippen LogP contribution is 2.36. The van der Waals surface area contributed by atoms with Crippen LogP contribution in [0.3, 0.4) is 0 Å². The number of fused-ring (bicyclic) bond motifs is 2. The molecule has 3 rings (SSSR count). The van der Waals surface area contributed by atoms with Crippen LogP contribution < -0.4 is 4.31 Å². The molecule has 0 saturated heterocycles. The van der Waals surface area contributed by atoms with Crippen LogP contribution in [0.15, 0.2) is 45.8 Å². The summed E-state index contributed by atoms with van der Waals surface area (Å²) in [5.74, 6) is 0. The Morgan fingerprint density at radius 2 is 2.00 bits per heavy atom.